The van der Waals surface area contributed by atoms with Gasteiger partial charge in [0.15, 0.2) is 0 Å². The van der Waals surface area contributed by atoms with Gasteiger partial charge in [-0.2, -0.15) is 0 Å². The molecule has 0 saturated carbocycles. The molecular weight excluding hydrogens is 226 g/mol. The Bertz CT molecular complexity index is 414. The Morgan fingerprint density at radius 1 is 1.44 bits per heavy atom. The maximum atomic E-state index is 11.7. The van der Waals surface area contributed by atoms with Crippen LogP contribution in [0, 0.1) is 6.92 Å². The Hall–Kier alpha value is -1.39. The number of benzene rings is 1. The predicted octanol–water partition coefficient (Wildman–Crippen LogP) is 1.73. The highest BCUT2D eigenvalue weighted by atomic mass is 16.1. The third-order valence-electron chi connectivity index (χ3n) is 2.53. The summed E-state index contributed by atoms with van der Waals surface area (Å²) >= 11 is 0. The lowest BCUT2D eigenvalue weighted by molar-refractivity contribution is -0.116. The van der Waals surface area contributed by atoms with Crippen LogP contribution in [0.15, 0.2) is 18.2 Å². The number of nitrogens with zero attached hydrogens (tertiary/aromatic N) is 1. The van der Waals surface area contributed by atoms with Crippen molar-refractivity contribution in [3.8, 4) is 0 Å². The Balaban J connectivity index is 2.83. The van der Waals surface area contributed by atoms with Crippen LogP contribution >= 0.6 is 0 Å². The van der Waals surface area contributed by atoms with Gasteiger partial charge in [0.25, 0.3) is 0 Å². The number of carbonyl (C=O) groups is 1. The number of hydrogen-bond donors (Lipinski definition) is 2. The quantitative estimate of drug-likeness (QED) is 0.835. The van der Waals surface area contributed by atoms with E-state index in [1.54, 1.807) is 0 Å². The zero-order chi connectivity index (χ0) is 13.7. The average molecular weight is 249 g/mol. The normalized spacial score (nSPS) is 12.6. The van der Waals surface area contributed by atoms with Gasteiger partial charge in [-0.25, -0.2) is 0 Å². The standard InChI is InChI=1S/C14H23N3O/c1-10-5-6-13(12(7-10)9-17(3)4)16-14(18)8-11(2)15/h5-7,11H,8-9,15H2,1-4H3,(H,16,18). The number of anilines is 1. The van der Waals surface area contributed by atoms with E-state index in [2.05, 4.69) is 16.3 Å². The highest BCUT2D eigenvalue weighted by molar-refractivity contribution is 5.91. The average Bonchev–Trinajstić information content (AvgIpc) is 2.20. The highest BCUT2D eigenvalue weighted by Gasteiger charge is 2.09. The predicted molar refractivity (Wildman–Crippen MR) is 75.5 cm³/mol. The van der Waals surface area contributed by atoms with E-state index in [9.17, 15) is 4.79 Å². The van der Waals surface area contributed by atoms with Crippen molar-refractivity contribution >= 4 is 11.6 Å². The third-order valence-corrected chi connectivity index (χ3v) is 2.53. The van der Waals surface area contributed by atoms with Crippen LogP contribution in [-0.2, 0) is 11.3 Å². The monoisotopic (exact) mass is 249 g/mol. The molecule has 0 aliphatic rings. The number of rotatable bonds is 5. The fraction of sp³-hybridized carbons (Fsp3) is 0.500. The smallest absolute Gasteiger partial charge is 0.225 e. The molecule has 3 N–H and O–H groups in total. The molecule has 4 nitrogen and oxygen atoms in total. The summed E-state index contributed by atoms with van der Waals surface area (Å²) in [5, 5.41) is 2.93. The van der Waals surface area contributed by atoms with Gasteiger partial charge in [-0.1, -0.05) is 17.7 Å². The molecular formula is C14H23N3O. The van der Waals surface area contributed by atoms with Crippen LogP contribution in [0.5, 0.6) is 0 Å². The molecule has 1 aromatic rings. The molecule has 0 radical (unpaired) electrons. The lowest BCUT2D eigenvalue weighted by Gasteiger charge is -2.16. The van der Waals surface area contributed by atoms with E-state index in [-0.39, 0.29) is 11.9 Å². The third kappa shape index (κ3) is 4.85. The minimum absolute atomic E-state index is 0.0335. The molecule has 0 heterocycles. The molecule has 1 atom stereocenters. The fourth-order valence-electron chi connectivity index (χ4n) is 1.81. The maximum Gasteiger partial charge on any atom is 0.225 e. The molecule has 0 aliphatic heterocycles. The molecule has 1 amide bonds. The molecule has 0 aromatic heterocycles. The lowest BCUT2D eigenvalue weighted by Crippen LogP contribution is -2.24. The first-order valence-corrected chi connectivity index (χ1v) is 6.18. The summed E-state index contributed by atoms with van der Waals surface area (Å²) in [5.41, 5.74) is 8.81. The van der Waals surface area contributed by atoms with Crippen molar-refractivity contribution in [3.63, 3.8) is 0 Å². The molecule has 0 bridgehead atoms. The zero-order valence-electron chi connectivity index (χ0n) is 11.7. The number of nitrogens with two attached hydrogens (primary N) is 1. The van der Waals surface area contributed by atoms with Crippen molar-refractivity contribution < 1.29 is 4.79 Å². The molecule has 18 heavy (non-hydrogen) atoms. The van der Waals surface area contributed by atoms with Crippen molar-refractivity contribution in [3.05, 3.63) is 29.3 Å². The Labute approximate surface area is 109 Å². The largest absolute Gasteiger partial charge is 0.327 e. The van der Waals surface area contributed by atoms with Gasteiger partial charge < -0.3 is 16.0 Å². The topological polar surface area (TPSA) is 58.4 Å². The molecule has 100 valence electrons. The zero-order valence-corrected chi connectivity index (χ0v) is 11.7. The van der Waals surface area contributed by atoms with Crippen LogP contribution in [-0.4, -0.2) is 30.9 Å². The number of carbonyl (C=O) groups excluding carboxylic acids is 1. The van der Waals surface area contributed by atoms with Crippen LogP contribution in [0.2, 0.25) is 0 Å². The number of amides is 1. The van der Waals surface area contributed by atoms with Gasteiger partial charge in [0.1, 0.15) is 0 Å². The summed E-state index contributed by atoms with van der Waals surface area (Å²) in [5.74, 6) is -0.0335. The van der Waals surface area contributed by atoms with Crippen molar-refractivity contribution in [2.24, 2.45) is 5.73 Å². The SMILES string of the molecule is Cc1ccc(NC(=O)CC(C)N)c(CN(C)C)c1. The van der Waals surface area contributed by atoms with Gasteiger partial charge in [0.05, 0.1) is 0 Å². The van der Waals surface area contributed by atoms with E-state index in [1.165, 1.54) is 5.56 Å². The van der Waals surface area contributed by atoms with E-state index in [1.807, 2.05) is 40.1 Å². The second-order valence-electron chi connectivity index (χ2n) is 5.13. The summed E-state index contributed by atoms with van der Waals surface area (Å²) < 4.78 is 0. The Morgan fingerprint density at radius 2 is 2.11 bits per heavy atom. The fourth-order valence-corrected chi connectivity index (χ4v) is 1.81. The minimum atomic E-state index is -0.118. The van der Waals surface area contributed by atoms with Crippen molar-refractivity contribution in [1.82, 2.24) is 4.90 Å². The molecule has 0 spiro atoms. The van der Waals surface area contributed by atoms with Crippen LogP contribution < -0.4 is 11.1 Å². The number of hydrogen-bond acceptors (Lipinski definition) is 3. The van der Waals surface area contributed by atoms with Crippen LogP contribution in [0.4, 0.5) is 5.69 Å². The highest BCUT2D eigenvalue weighted by Crippen LogP contribution is 2.19. The first kappa shape index (κ1) is 14.7. The first-order valence-electron chi connectivity index (χ1n) is 6.18. The van der Waals surface area contributed by atoms with Crippen molar-refractivity contribution in [2.75, 3.05) is 19.4 Å². The molecule has 1 rings (SSSR count). The summed E-state index contributed by atoms with van der Waals surface area (Å²) in [7, 11) is 4.02. The van der Waals surface area contributed by atoms with E-state index >= 15 is 0 Å². The van der Waals surface area contributed by atoms with E-state index < -0.39 is 0 Å². The molecule has 4 heteroatoms. The molecule has 0 aliphatic carbocycles. The van der Waals surface area contributed by atoms with Crippen LogP contribution in [0.1, 0.15) is 24.5 Å². The first-order chi connectivity index (χ1) is 8.38. The minimum Gasteiger partial charge on any atom is -0.327 e. The van der Waals surface area contributed by atoms with Gasteiger partial charge in [0, 0.05) is 24.7 Å². The molecule has 0 saturated heterocycles. The van der Waals surface area contributed by atoms with Crippen LogP contribution in [0.3, 0.4) is 0 Å². The van der Waals surface area contributed by atoms with Gasteiger partial charge in [0.2, 0.25) is 5.91 Å². The van der Waals surface area contributed by atoms with E-state index in [0.717, 1.165) is 17.8 Å². The van der Waals surface area contributed by atoms with E-state index in [4.69, 9.17) is 5.73 Å². The Morgan fingerprint density at radius 3 is 2.67 bits per heavy atom. The summed E-state index contributed by atoms with van der Waals surface area (Å²) in [6, 6.07) is 5.93. The molecule has 1 aromatic carbocycles. The Kier molecular flexibility index (Phi) is 5.31. The van der Waals surface area contributed by atoms with Gasteiger partial charge in [-0.15, -0.1) is 0 Å². The van der Waals surface area contributed by atoms with Crippen LogP contribution in [0.25, 0.3) is 0 Å². The molecule has 0 fully saturated rings. The lowest BCUT2D eigenvalue weighted by atomic mass is 10.1. The second kappa shape index (κ2) is 6.52. The summed E-state index contributed by atoms with van der Waals surface area (Å²) in [4.78, 5) is 13.8. The van der Waals surface area contributed by atoms with Crippen molar-refractivity contribution in [1.29, 1.82) is 0 Å². The van der Waals surface area contributed by atoms with Crippen molar-refractivity contribution in [2.45, 2.75) is 32.9 Å². The molecule has 1 unspecified atom stereocenters. The number of aryl methyl sites for hydroxylation is 1. The van der Waals surface area contributed by atoms with Gasteiger partial charge in [-0.05, 0) is 39.6 Å². The van der Waals surface area contributed by atoms with E-state index in [0.29, 0.717) is 6.42 Å². The summed E-state index contributed by atoms with van der Waals surface area (Å²) in [6.07, 6.45) is 0.343. The maximum absolute atomic E-state index is 11.7. The summed E-state index contributed by atoms with van der Waals surface area (Å²) in [6.45, 7) is 4.68. The second-order valence-corrected chi connectivity index (χ2v) is 5.13. The van der Waals surface area contributed by atoms with Gasteiger partial charge in [-0.3, -0.25) is 4.79 Å². The number of nitrogens with one attached hydrogen (secondary N) is 1. The van der Waals surface area contributed by atoms with Gasteiger partial charge >= 0.3 is 0 Å².